The molecule has 0 radical (unpaired) electrons. The Kier molecular flexibility index (Phi) is 5.29. The molecule has 0 bridgehead atoms. The lowest BCUT2D eigenvalue weighted by Crippen LogP contribution is -1.98. The highest BCUT2D eigenvalue weighted by Crippen LogP contribution is 2.29. The van der Waals surface area contributed by atoms with Crippen molar-refractivity contribution in [1.82, 2.24) is 0 Å². The third kappa shape index (κ3) is 4.02. The van der Waals surface area contributed by atoms with Crippen LogP contribution in [0.3, 0.4) is 0 Å². The fourth-order valence-electron chi connectivity index (χ4n) is 2.70. The molecule has 0 aliphatic rings. The number of hydrogen-bond donors (Lipinski definition) is 0. The van der Waals surface area contributed by atoms with E-state index in [0.29, 0.717) is 11.3 Å². The molecule has 0 saturated heterocycles. The van der Waals surface area contributed by atoms with E-state index in [0.717, 1.165) is 16.3 Å². The molecule has 132 valence electrons. The summed E-state index contributed by atoms with van der Waals surface area (Å²) < 4.78 is 5.60. The van der Waals surface area contributed by atoms with Gasteiger partial charge >= 0.3 is 0 Å². The lowest BCUT2D eigenvalue weighted by molar-refractivity contribution is -0.384. The van der Waals surface area contributed by atoms with Crippen LogP contribution in [0.4, 0.5) is 5.69 Å². The quantitative estimate of drug-likeness (QED) is 0.212. The molecule has 5 nitrogen and oxygen atoms in total. The summed E-state index contributed by atoms with van der Waals surface area (Å²) in [5.41, 5.74) is 1.05. The topological polar surface area (TPSA) is 69.4 Å². The van der Waals surface area contributed by atoms with Crippen LogP contribution in [0.2, 0.25) is 0 Å². The van der Waals surface area contributed by atoms with Crippen LogP contribution in [-0.2, 0) is 0 Å². The Hall–Kier alpha value is -3.91. The molecule has 0 saturated carbocycles. The molecule has 3 aromatic rings. The van der Waals surface area contributed by atoms with Crippen molar-refractivity contribution in [2.75, 3.05) is 6.61 Å². The highest BCUT2D eigenvalue weighted by molar-refractivity contribution is 6.08. The van der Waals surface area contributed by atoms with Crippen LogP contribution in [0.5, 0.6) is 5.75 Å². The van der Waals surface area contributed by atoms with Crippen molar-refractivity contribution in [3.05, 3.63) is 88.0 Å². The molecule has 0 unspecified atom stereocenters. The van der Waals surface area contributed by atoms with E-state index < -0.39 is 4.92 Å². The van der Waals surface area contributed by atoms with Gasteiger partial charge in [0.25, 0.3) is 5.69 Å². The average Bonchev–Trinajstić information content (AvgIpc) is 2.70. The van der Waals surface area contributed by atoms with Gasteiger partial charge in [0.15, 0.2) is 5.78 Å². The number of fused-ring (bicyclic) bond motifs is 1. The van der Waals surface area contributed by atoms with Gasteiger partial charge in [0, 0.05) is 23.3 Å². The molecule has 3 rings (SSSR count). The van der Waals surface area contributed by atoms with Crippen LogP contribution in [-0.4, -0.2) is 17.3 Å². The summed E-state index contributed by atoms with van der Waals surface area (Å²) in [6, 6.07) is 17.0. The maximum atomic E-state index is 12.4. The zero-order chi connectivity index (χ0) is 19.2. The van der Waals surface area contributed by atoms with Gasteiger partial charge in [0.1, 0.15) is 12.4 Å². The number of rotatable bonds is 6. The van der Waals surface area contributed by atoms with Crippen molar-refractivity contribution < 1.29 is 14.5 Å². The van der Waals surface area contributed by atoms with Crippen LogP contribution in [0, 0.1) is 22.5 Å². The summed E-state index contributed by atoms with van der Waals surface area (Å²) in [5, 5.41) is 12.7. The van der Waals surface area contributed by atoms with Crippen molar-refractivity contribution in [2.45, 2.75) is 0 Å². The molecule has 5 heteroatoms. The second-order valence-electron chi connectivity index (χ2n) is 5.69. The summed E-state index contributed by atoms with van der Waals surface area (Å²) in [6.45, 7) is 0.121. The number of non-ortho nitro benzene ring substituents is 1. The summed E-state index contributed by atoms with van der Waals surface area (Å²) in [5.74, 6) is 2.75. The predicted molar refractivity (Wildman–Crippen MR) is 105 cm³/mol. The number of benzene rings is 3. The average molecular weight is 357 g/mol. The maximum Gasteiger partial charge on any atom is 0.269 e. The summed E-state index contributed by atoms with van der Waals surface area (Å²) >= 11 is 0. The largest absolute Gasteiger partial charge is 0.480 e. The fourth-order valence-corrected chi connectivity index (χ4v) is 2.70. The molecular formula is C22H15NO4. The van der Waals surface area contributed by atoms with Crippen molar-refractivity contribution in [3.63, 3.8) is 0 Å². The molecule has 0 aliphatic carbocycles. The standard InChI is InChI=1S/C22H15NO4/c1-2-15-27-22-14-9-16-5-3-4-6-19(16)20(22)12-13-21(24)17-7-10-18(11-8-17)23(25)26/h1,3-14H,15H2/b13-12+. The zero-order valence-corrected chi connectivity index (χ0v) is 14.3. The summed E-state index contributed by atoms with van der Waals surface area (Å²) in [6.07, 6.45) is 8.38. The van der Waals surface area contributed by atoms with Gasteiger partial charge in [-0.25, -0.2) is 0 Å². The van der Waals surface area contributed by atoms with Crippen LogP contribution >= 0.6 is 0 Å². The third-order valence-electron chi connectivity index (χ3n) is 4.01. The van der Waals surface area contributed by atoms with Crippen molar-refractivity contribution in [1.29, 1.82) is 0 Å². The number of nitrogens with zero attached hydrogens (tertiary/aromatic N) is 1. The number of nitro groups is 1. The monoisotopic (exact) mass is 357 g/mol. The number of terminal acetylenes is 1. The number of ether oxygens (including phenoxy) is 1. The lowest BCUT2D eigenvalue weighted by atomic mass is 10.0. The molecule has 3 aromatic carbocycles. The Labute approximate surface area is 156 Å². The van der Waals surface area contributed by atoms with E-state index in [2.05, 4.69) is 5.92 Å². The fraction of sp³-hybridized carbons (Fsp3) is 0.0455. The van der Waals surface area contributed by atoms with Gasteiger partial charge in [-0.3, -0.25) is 14.9 Å². The highest BCUT2D eigenvalue weighted by atomic mass is 16.6. The van der Waals surface area contributed by atoms with Gasteiger partial charge in [-0.05, 0) is 41.1 Å². The second-order valence-corrected chi connectivity index (χ2v) is 5.69. The maximum absolute atomic E-state index is 12.4. The van der Waals surface area contributed by atoms with Gasteiger partial charge in [0.2, 0.25) is 0 Å². The van der Waals surface area contributed by atoms with Crippen molar-refractivity contribution in [2.24, 2.45) is 0 Å². The molecule has 0 amide bonds. The van der Waals surface area contributed by atoms with Crippen LogP contribution in [0.25, 0.3) is 16.8 Å². The van der Waals surface area contributed by atoms with E-state index in [1.54, 1.807) is 6.08 Å². The van der Waals surface area contributed by atoms with Gasteiger partial charge in [-0.15, -0.1) is 6.42 Å². The minimum absolute atomic E-state index is 0.0606. The first-order chi connectivity index (χ1) is 13.1. The Morgan fingerprint density at radius 3 is 2.56 bits per heavy atom. The predicted octanol–water partition coefficient (Wildman–Crippen LogP) is 4.66. The Balaban J connectivity index is 1.95. The molecule has 0 atom stereocenters. The lowest BCUT2D eigenvalue weighted by Gasteiger charge is -2.10. The number of hydrogen-bond acceptors (Lipinski definition) is 4. The highest BCUT2D eigenvalue weighted by Gasteiger charge is 2.09. The molecule has 0 N–H and O–H groups in total. The molecule has 0 aromatic heterocycles. The number of nitro benzene ring substituents is 1. The molecule has 0 aliphatic heterocycles. The molecule has 0 spiro atoms. The van der Waals surface area contributed by atoms with E-state index >= 15 is 0 Å². The van der Waals surface area contributed by atoms with E-state index in [4.69, 9.17) is 11.2 Å². The van der Waals surface area contributed by atoms with Crippen LogP contribution < -0.4 is 4.74 Å². The third-order valence-corrected chi connectivity index (χ3v) is 4.01. The van der Waals surface area contributed by atoms with E-state index in [9.17, 15) is 14.9 Å². The SMILES string of the molecule is C#CCOc1ccc2ccccc2c1/C=C/C(=O)c1ccc([N+](=O)[O-])cc1. The summed E-state index contributed by atoms with van der Waals surface area (Å²) in [4.78, 5) is 22.6. The Morgan fingerprint density at radius 1 is 1.11 bits per heavy atom. The first-order valence-corrected chi connectivity index (χ1v) is 8.15. The van der Waals surface area contributed by atoms with Crippen molar-refractivity contribution >= 4 is 28.3 Å². The Morgan fingerprint density at radius 2 is 1.85 bits per heavy atom. The van der Waals surface area contributed by atoms with E-state index in [1.165, 1.54) is 30.3 Å². The molecule has 27 heavy (non-hydrogen) atoms. The van der Waals surface area contributed by atoms with Gasteiger partial charge in [-0.2, -0.15) is 0 Å². The number of carbonyl (C=O) groups excluding carboxylic acids is 1. The normalized spacial score (nSPS) is 10.6. The minimum Gasteiger partial charge on any atom is -0.480 e. The van der Waals surface area contributed by atoms with E-state index in [-0.39, 0.29) is 18.1 Å². The molecular weight excluding hydrogens is 342 g/mol. The number of ketones is 1. The first-order valence-electron chi connectivity index (χ1n) is 8.15. The van der Waals surface area contributed by atoms with Crippen LogP contribution in [0.1, 0.15) is 15.9 Å². The summed E-state index contributed by atoms with van der Waals surface area (Å²) in [7, 11) is 0. The van der Waals surface area contributed by atoms with E-state index in [1.807, 2.05) is 36.4 Å². The first kappa shape index (κ1) is 17.9. The smallest absolute Gasteiger partial charge is 0.269 e. The van der Waals surface area contributed by atoms with Crippen molar-refractivity contribution in [3.8, 4) is 18.1 Å². The molecule has 0 heterocycles. The van der Waals surface area contributed by atoms with Gasteiger partial charge in [0.05, 0.1) is 4.92 Å². The molecule has 0 fully saturated rings. The zero-order valence-electron chi connectivity index (χ0n) is 14.3. The van der Waals surface area contributed by atoms with Gasteiger partial charge < -0.3 is 4.74 Å². The minimum atomic E-state index is -0.505. The van der Waals surface area contributed by atoms with Gasteiger partial charge in [-0.1, -0.05) is 36.3 Å². The van der Waals surface area contributed by atoms with Crippen LogP contribution in [0.15, 0.2) is 66.7 Å². The second kappa shape index (κ2) is 7.98. The Bertz CT molecular complexity index is 1080. The number of allylic oxidation sites excluding steroid dienone is 1. The number of carbonyl (C=O) groups is 1.